The first-order valence-corrected chi connectivity index (χ1v) is 18.8. The first-order valence-electron chi connectivity index (χ1n) is 18.8. The molecule has 2 aliphatic heterocycles. The fraction of sp³-hybridized carbons (Fsp3) is 0.524. The number of esters is 1. The van der Waals surface area contributed by atoms with Gasteiger partial charge >= 0.3 is 12.0 Å². The Morgan fingerprint density at radius 2 is 1.36 bits per heavy atom. The highest BCUT2D eigenvalue weighted by Gasteiger charge is 2.44. The third-order valence-corrected chi connectivity index (χ3v) is 11.6. The highest BCUT2D eigenvalue weighted by Crippen LogP contribution is 2.39. The van der Waals surface area contributed by atoms with Gasteiger partial charge in [-0.1, -0.05) is 105 Å². The number of nitrogens with one attached hydrogen (secondary N) is 2. The van der Waals surface area contributed by atoms with Crippen molar-refractivity contribution in [1.82, 2.24) is 15.5 Å². The molecule has 2 amide bonds. The summed E-state index contributed by atoms with van der Waals surface area (Å²) in [5, 5.41) is 28.7. The Morgan fingerprint density at radius 3 is 1.88 bits per heavy atom. The number of benzene rings is 3. The molecule has 1 saturated carbocycles. The number of piperidine rings is 1. The summed E-state index contributed by atoms with van der Waals surface area (Å²) in [7, 11) is 0. The van der Waals surface area contributed by atoms with Crippen molar-refractivity contribution in [2.24, 2.45) is 11.8 Å². The molecular formula is C42H55N3O5. The largest absolute Gasteiger partial charge is 0.462 e. The lowest BCUT2D eigenvalue weighted by atomic mass is 9.76. The van der Waals surface area contributed by atoms with E-state index in [0.29, 0.717) is 18.0 Å². The molecule has 268 valence electrons. The number of fused-ring (bicyclic) bond motifs is 2. The molecule has 3 aromatic rings. The normalized spacial score (nSPS) is 25.1. The number of aliphatic hydroxyl groups is 2. The van der Waals surface area contributed by atoms with Crippen molar-refractivity contribution in [3.05, 3.63) is 108 Å². The van der Waals surface area contributed by atoms with E-state index < -0.39 is 17.6 Å². The number of carbonyl (C=O) groups is 2. The van der Waals surface area contributed by atoms with Crippen molar-refractivity contribution >= 4 is 12.0 Å². The monoisotopic (exact) mass is 681 g/mol. The highest BCUT2D eigenvalue weighted by molar-refractivity contribution is 5.78. The lowest BCUT2D eigenvalue weighted by Gasteiger charge is -2.41. The van der Waals surface area contributed by atoms with Crippen LogP contribution in [0.5, 0.6) is 0 Å². The third-order valence-electron chi connectivity index (χ3n) is 11.6. The fourth-order valence-corrected chi connectivity index (χ4v) is 8.89. The summed E-state index contributed by atoms with van der Waals surface area (Å²) in [6.45, 7) is 4.89. The molecule has 3 unspecified atom stereocenters. The van der Waals surface area contributed by atoms with Crippen LogP contribution >= 0.6 is 0 Å². The smallest absolute Gasteiger partial charge is 0.316 e. The van der Waals surface area contributed by atoms with Gasteiger partial charge in [0.25, 0.3) is 0 Å². The fourth-order valence-electron chi connectivity index (χ4n) is 8.89. The van der Waals surface area contributed by atoms with Gasteiger partial charge in [-0.25, -0.2) is 4.79 Å². The number of nitrogens with zero attached hydrogens (tertiary/aromatic N) is 1. The summed E-state index contributed by atoms with van der Waals surface area (Å²) in [6, 6.07) is 28.9. The first-order chi connectivity index (χ1) is 24.3. The molecule has 3 aromatic carbocycles. The number of hydrogen-bond acceptors (Lipinski definition) is 6. The quantitative estimate of drug-likeness (QED) is 0.153. The standard InChI is InChI=1S/C42H55N3O5/c1-29(2)39(42(49,32-14-8-4-9-15-32)33-16-10-5-11-17-33)44-41(48)43-34-20-18-30(19-21-34)24-25-45-35-22-23-36(45)27-37(26-35)50-40(47)38(28-46)31-12-6-3-7-13-31/h3-17,29-30,34-39,46,49H,18-28H2,1-2H3,(H2,43,44,48)/t30?,34?,35?,36?,37?,38?,39-/m0/s1. The molecular weight excluding hydrogens is 626 g/mol. The van der Waals surface area contributed by atoms with E-state index in [-0.39, 0.29) is 36.7 Å². The number of urea groups is 1. The maximum atomic E-state index is 13.5. The molecule has 6 rings (SSSR count). The van der Waals surface area contributed by atoms with Crippen molar-refractivity contribution in [1.29, 1.82) is 0 Å². The number of hydrogen-bond donors (Lipinski definition) is 4. The second-order valence-electron chi connectivity index (χ2n) is 15.1. The zero-order valence-corrected chi connectivity index (χ0v) is 29.6. The Hall–Kier alpha value is -3.72. The predicted octanol–water partition coefficient (Wildman–Crippen LogP) is 6.51. The van der Waals surface area contributed by atoms with Gasteiger partial charge < -0.3 is 25.6 Å². The summed E-state index contributed by atoms with van der Waals surface area (Å²) < 4.78 is 5.99. The maximum Gasteiger partial charge on any atom is 0.316 e. The molecule has 0 radical (unpaired) electrons. The van der Waals surface area contributed by atoms with Crippen molar-refractivity contribution in [3.63, 3.8) is 0 Å². The van der Waals surface area contributed by atoms with Crippen LogP contribution in [0.3, 0.4) is 0 Å². The van der Waals surface area contributed by atoms with Crippen LogP contribution in [0, 0.1) is 11.8 Å². The summed E-state index contributed by atoms with van der Waals surface area (Å²) in [5.41, 5.74) is 0.917. The second-order valence-corrected chi connectivity index (χ2v) is 15.1. The number of amides is 2. The van der Waals surface area contributed by atoms with E-state index in [2.05, 4.69) is 15.5 Å². The van der Waals surface area contributed by atoms with Crippen LogP contribution < -0.4 is 10.6 Å². The summed E-state index contributed by atoms with van der Waals surface area (Å²) >= 11 is 0. The first kappa shape index (κ1) is 36.1. The minimum absolute atomic E-state index is 0.0268. The number of ether oxygens (including phenoxy) is 1. The second kappa shape index (κ2) is 16.5. The number of rotatable bonds is 13. The van der Waals surface area contributed by atoms with E-state index in [1.165, 1.54) is 0 Å². The lowest BCUT2D eigenvalue weighted by Crippen LogP contribution is -2.57. The number of carbonyl (C=O) groups excluding carboxylic acids is 2. The van der Waals surface area contributed by atoms with Crippen LogP contribution in [0.4, 0.5) is 4.79 Å². The molecule has 2 bridgehead atoms. The van der Waals surface area contributed by atoms with E-state index in [9.17, 15) is 19.8 Å². The Kier molecular flexibility index (Phi) is 11.9. The van der Waals surface area contributed by atoms with E-state index >= 15 is 0 Å². The zero-order valence-electron chi connectivity index (χ0n) is 29.6. The van der Waals surface area contributed by atoms with Crippen LogP contribution in [0.15, 0.2) is 91.0 Å². The molecule has 3 aliphatic rings. The van der Waals surface area contributed by atoms with Crippen molar-refractivity contribution < 1.29 is 24.5 Å². The van der Waals surface area contributed by atoms with Crippen LogP contribution in [-0.2, 0) is 15.1 Å². The molecule has 2 heterocycles. The Balaban J connectivity index is 0.967. The van der Waals surface area contributed by atoms with E-state index in [4.69, 9.17) is 4.74 Å². The maximum absolute atomic E-state index is 13.5. The van der Waals surface area contributed by atoms with Gasteiger partial charge in [-0.3, -0.25) is 9.69 Å². The minimum atomic E-state index is -1.38. The van der Waals surface area contributed by atoms with Crippen LogP contribution in [0.1, 0.15) is 94.2 Å². The Labute approximate surface area is 297 Å². The highest BCUT2D eigenvalue weighted by atomic mass is 16.5. The van der Waals surface area contributed by atoms with Crippen molar-refractivity contribution in [2.75, 3.05) is 13.2 Å². The van der Waals surface area contributed by atoms with Gasteiger partial charge in [0, 0.05) is 31.0 Å². The average Bonchev–Trinajstić information content (AvgIpc) is 3.38. The third kappa shape index (κ3) is 8.25. The predicted molar refractivity (Wildman–Crippen MR) is 195 cm³/mol. The molecule has 1 aliphatic carbocycles. The summed E-state index contributed by atoms with van der Waals surface area (Å²) in [6.07, 6.45) is 9.14. The molecule has 0 aromatic heterocycles. The molecule has 8 nitrogen and oxygen atoms in total. The van der Waals surface area contributed by atoms with E-state index in [0.717, 1.165) is 81.0 Å². The molecule has 0 spiro atoms. The van der Waals surface area contributed by atoms with Gasteiger partial charge in [0.1, 0.15) is 17.6 Å². The topological polar surface area (TPSA) is 111 Å². The van der Waals surface area contributed by atoms with Crippen molar-refractivity contribution in [2.45, 2.75) is 113 Å². The lowest BCUT2D eigenvalue weighted by molar-refractivity contribution is -0.155. The van der Waals surface area contributed by atoms with Crippen LogP contribution in [0.2, 0.25) is 0 Å². The molecule has 8 heteroatoms. The number of aliphatic hydroxyl groups excluding tert-OH is 1. The molecule has 2 saturated heterocycles. The molecule has 4 atom stereocenters. The van der Waals surface area contributed by atoms with Gasteiger partial charge in [-0.2, -0.15) is 0 Å². The Morgan fingerprint density at radius 1 is 0.820 bits per heavy atom. The molecule has 4 N–H and O–H groups in total. The van der Waals surface area contributed by atoms with Crippen LogP contribution in [-0.4, -0.2) is 70.5 Å². The summed E-state index contributed by atoms with van der Waals surface area (Å²) in [5.74, 6) is -0.350. The molecule has 50 heavy (non-hydrogen) atoms. The minimum Gasteiger partial charge on any atom is -0.462 e. The average molecular weight is 682 g/mol. The van der Waals surface area contributed by atoms with Crippen molar-refractivity contribution in [3.8, 4) is 0 Å². The SMILES string of the molecule is CC(C)[C@H](NC(=O)NC1CCC(CCN2C3CCC2CC(OC(=O)C(CO)c2ccccc2)C3)CC1)C(O)(c1ccccc1)c1ccccc1. The van der Waals surface area contributed by atoms with Gasteiger partial charge in [-0.15, -0.1) is 0 Å². The van der Waals surface area contributed by atoms with Gasteiger partial charge in [0.15, 0.2) is 0 Å². The van der Waals surface area contributed by atoms with Gasteiger partial charge in [-0.05, 0) is 80.0 Å². The van der Waals surface area contributed by atoms with Crippen LogP contribution in [0.25, 0.3) is 0 Å². The Bertz CT molecular complexity index is 1460. The van der Waals surface area contributed by atoms with Gasteiger partial charge in [0.05, 0.1) is 12.6 Å². The van der Waals surface area contributed by atoms with E-state index in [1.54, 1.807) is 0 Å². The van der Waals surface area contributed by atoms with Gasteiger partial charge in [0.2, 0.25) is 0 Å². The molecule has 3 fully saturated rings. The summed E-state index contributed by atoms with van der Waals surface area (Å²) in [4.78, 5) is 29.1. The zero-order chi connectivity index (χ0) is 35.1. The van der Waals surface area contributed by atoms with E-state index in [1.807, 2.05) is 105 Å².